The third kappa shape index (κ3) is 6.85. The molecule has 1 saturated carbocycles. The van der Waals surface area contributed by atoms with Crippen LogP contribution >= 0.6 is 0 Å². The predicted molar refractivity (Wildman–Crippen MR) is 167 cm³/mol. The molecule has 2 aliphatic rings. The van der Waals surface area contributed by atoms with Crippen LogP contribution in [0, 0.1) is 18.3 Å². The standard InChI is InChI=1S/C34H45N5O3/c1-6-30(40)38-18-8-7-12-26(22-38)39-31-28(36-33(39)37-32(41)25-15-17-35-24(3)20-25)13-9-14-29(31)42-27-19-23(2)11-10-16-34(4,5)21-27/h6,9,13-15,17,20,23,26-27H,1,7-8,10-12,16,18-19,21-22H2,2-5H3,(H,36,37,41). The summed E-state index contributed by atoms with van der Waals surface area (Å²) in [4.78, 5) is 37.2. The first-order valence-corrected chi connectivity index (χ1v) is 15.5. The lowest BCUT2D eigenvalue weighted by molar-refractivity contribution is -0.126. The molecule has 224 valence electrons. The molecule has 3 heterocycles. The lowest BCUT2D eigenvalue weighted by Crippen LogP contribution is -2.34. The van der Waals surface area contributed by atoms with Crippen molar-refractivity contribution < 1.29 is 14.3 Å². The molecule has 8 nitrogen and oxygen atoms in total. The number of hydrogen-bond donors (Lipinski definition) is 1. The Morgan fingerprint density at radius 2 is 2.00 bits per heavy atom. The van der Waals surface area contributed by atoms with E-state index in [0.717, 1.165) is 54.6 Å². The Labute approximate surface area is 249 Å². The Morgan fingerprint density at radius 3 is 2.79 bits per heavy atom. The number of anilines is 1. The van der Waals surface area contributed by atoms with Crippen LogP contribution in [0.5, 0.6) is 5.75 Å². The van der Waals surface area contributed by atoms with Gasteiger partial charge in [0.05, 0.1) is 17.7 Å². The summed E-state index contributed by atoms with van der Waals surface area (Å²) in [5.41, 5.74) is 3.12. The number of nitrogens with one attached hydrogen (secondary N) is 1. The van der Waals surface area contributed by atoms with Gasteiger partial charge >= 0.3 is 0 Å². The SMILES string of the molecule is C=CC(=O)N1CCCCC(n2c(NC(=O)c3ccnc(C)c3)nc3cccc(OC4CC(C)CCCC(C)(C)C4)c32)C1. The molecular weight excluding hydrogens is 526 g/mol. The highest BCUT2D eigenvalue weighted by atomic mass is 16.5. The van der Waals surface area contributed by atoms with Crippen molar-refractivity contribution in [3.05, 3.63) is 60.4 Å². The summed E-state index contributed by atoms with van der Waals surface area (Å²) in [5, 5.41) is 3.09. The normalized spacial score (nSPS) is 23.0. The average molecular weight is 572 g/mol. The minimum atomic E-state index is -0.247. The van der Waals surface area contributed by atoms with Crippen molar-refractivity contribution >= 4 is 28.8 Å². The van der Waals surface area contributed by atoms with Gasteiger partial charge in [0.25, 0.3) is 5.91 Å². The number of aromatic nitrogens is 3. The molecule has 2 fully saturated rings. The van der Waals surface area contributed by atoms with E-state index in [2.05, 4.69) is 42.2 Å². The number of imidazole rings is 1. The van der Waals surface area contributed by atoms with Crippen LogP contribution in [0.25, 0.3) is 11.0 Å². The molecule has 3 aromatic rings. The van der Waals surface area contributed by atoms with E-state index in [0.29, 0.717) is 30.5 Å². The number of amides is 2. The fraction of sp³-hybridized carbons (Fsp3) is 0.529. The molecule has 2 aromatic heterocycles. The molecule has 1 aliphatic heterocycles. The number of hydrogen-bond acceptors (Lipinski definition) is 5. The highest BCUT2D eigenvalue weighted by Crippen LogP contribution is 2.40. The number of likely N-dealkylation sites (tertiary alicyclic amines) is 1. The van der Waals surface area contributed by atoms with Gasteiger partial charge in [0.1, 0.15) is 11.3 Å². The first-order valence-electron chi connectivity index (χ1n) is 15.5. The largest absolute Gasteiger partial charge is 0.488 e. The van der Waals surface area contributed by atoms with Crippen LogP contribution < -0.4 is 10.1 Å². The molecule has 42 heavy (non-hydrogen) atoms. The van der Waals surface area contributed by atoms with Crippen LogP contribution in [0.4, 0.5) is 5.95 Å². The van der Waals surface area contributed by atoms with Gasteiger partial charge in [-0.25, -0.2) is 4.98 Å². The third-order valence-corrected chi connectivity index (χ3v) is 8.84. The van der Waals surface area contributed by atoms with Gasteiger partial charge in [-0.3, -0.25) is 19.9 Å². The number of carbonyl (C=O) groups is 2. The smallest absolute Gasteiger partial charge is 0.258 e. The molecule has 3 atom stereocenters. The number of ether oxygens (including phenoxy) is 1. The molecule has 5 rings (SSSR count). The maximum atomic E-state index is 13.4. The van der Waals surface area contributed by atoms with Gasteiger partial charge in [0, 0.05) is 30.5 Å². The summed E-state index contributed by atoms with van der Waals surface area (Å²) in [6.45, 7) is 13.8. The summed E-state index contributed by atoms with van der Waals surface area (Å²) >= 11 is 0. The minimum Gasteiger partial charge on any atom is -0.488 e. The van der Waals surface area contributed by atoms with Crippen LogP contribution in [-0.2, 0) is 4.79 Å². The number of para-hydroxylation sites is 1. The number of aryl methyl sites for hydroxylation is 1. The van der Waals surface area contributed by atoms with Crippen LogP contribution in [-0.4, -0.2) is 50.4 Å². The molecule has 0 spiro atoms. The van der Waals surface area contributed by atoms with Gasteiger partial charge in [-0.05, 0) is 87.1 Å². The van der Waals surface area contributed by atoms with Crippen LogP contribution in [0.2, 0.25) is 0 Å². The number of benzene rings is 1. The van der Waals surface area contributed by atoms with E-state index in [9.17, 15) is 9.59 Å². The summed E-state index contributed by atoms with van der Waals surface area (Å²) in [6, 6.07) is 9.36. The number of nitrogens with zero attached hydrogens (tertiary/aromatic N) is 4. The summed E-state index contributed by atoms with van der Waals surface area (Å²) in [6.07, 6.45) is 11.5. The van der Waals surface area contributed by atoms with Crippen molar-refractivity contribution in [2.24, 2.45) is 11.3 Å². The molecule has 1 N–H and O–H groups in total. The maximum absolute atomic E-state index is 13.4. The van der Waals surface area contributed by atoms with Gasteiger partial charge < -0.3 is 14.2 Å². The van der Waals surface area contributed by atoms with Crippen LogP contribution in [0.1, 0.15) is 94.2 Å². The summed E-state index contributed by atoms with van der Waals surface area (Å²) in [7, 11) is 0. The van der Waals surface area contributed by atoms with Crippen LogP contribution in [0.15, 0.2) is 49.2 Å². The van der Waals surface area contributed by atoms with Gasteiger partial charge in [-0.1, -0.05) is 46.3 Å². The molecule has 0 bridgehead atoms. The average Bonchev–Trinajstić information content (AvgIpc) is 3.13. The quantitative estimate of drug-likeness (QED) is 0.319. The van der Waals surface area contributed by atoms with Gasteiger partial charge in [0.15, 0.2) is 0 Å². The van der Waals surface area contributed by atoms with Crippen molar-refractivity contribution in [3.8, 4) is 5.75 Å². The Kier molecular flexibility index (Phi) is 8.99. The second-order valence-corrected chi connectivity index (χ2v) is 13.0. The van der Waals surface area contributed by atoms with Crippen molar-refractivity contribution in [1.82, 2.24) is 19.4 Å². The number of fused-ring (bicyclic) bond motifs is 1. The van der Waals surface area contributed by atoms with Gasteiger partial charge in [0.2, 0.25) is 11.9 Å². The monoisotopic (exact) mass is 571 g/mol. The zero-order valence-electron chi connectivity index (χ0n) is 25.6. The molecular formula is C34H45N5O3. The number of rotatable bonds is 6. The van der Waals surface area contributed by atoms with Crippen molar-refractivity contribution in [1.29, 1.82) is 0 Å². The van der Waals surface area contributed by atoms with E-state index < -0.39 is 0 Å². The lowest BCUT2D eigenvalue weighted by Gasteiger charge is -2.34. The van der Waals surface area contributed by atoms with E-state index in [4.69, 9.17) is 9.72 Å². The molecule has 0 radical (unpaired) electrons. The molecule has 1 aliphatic carbocycles. The Balaban J connectivity index is 1.58. The number of carbonyl (C=O) groups excluding carboxylic acids is 2. The van der Waals surface area contributed by atoms with E-state index in [1.807, 2.05) is 30.0 Å². The highest BCUT2D eigenvalue weighted by molar-refractivity contribution is 6.04. The third-order valence-electron chi connectivity index (χ3n) is 8.84. The zero-order chi connectivity index (χ0) is 29.9. The summed E-state index contributed by atoms with van der Waals surface area (Å²) in [5.74, 6) is 1.51. The fourth-order valence-corrected chi connectivity index (χ4v) is 6.74. The van der Waals surface area contributed by atoms with E-state index in [1.165, 1.54) is 25.3 Å². The molecule has 8 heteroatoms. The molecule has 1 saturated heterocycles. The Bertz CT molecular complexity index is 1440. The van der Waals surface area contributed by atoms with Crippen molar-refractivity contribution in [3.63, 3.8) is 0 Å². The van der Waals surface area contributed by atoms with Crippen LogP contribution in [0.3, 0.4) is 0 Å². The zero-order valence-corrected chi connectivity index (χ0v) is 25.6. The highest BCUT2D eigenvalue weighted by Gasteiger charge is 2.31. The molecule has 3 unspecified atom stereocenters. The van der Waals surface area contributed by atoms with E-state index in [-0.39, 0.29) is 29.4 Å². The second-order valence-electron chi connectivity index (χ2n) is 13.0. The Morgan fingerprint density at radius 1 is 1.17 bits per heavy atom. The summed E-state index contributed by atoms with van der Waals surface area (Å²) < 4.78 is 9.02. The van der Waals surface area contributed by atoms with Crippen molar-refractivity contribution in [2.45, 2.75) is 91.2 Å². The first-order chi connectivity index (χ1) is 20.1. The molecule has 2 amide bonds. The predicted octanol–water partition coefficient (Wildman–Crippen LogP) is 7.11. The minimum absolute atomic E-state index is 0.0774. The van der Waals surface area contributed by atoms with E-state index >= 15 is 0 Å². The fourth-order valence-electron chi connectivity index (χ4n) is 6.74. The topological polar surface area (TPSA) is 89.4 Å². The number of pyridine rings is 1. The lowest BCUT2D eigenvalue weighted by atomic mass is 9.76. The van der Waals surface area contributed by atoms with Crippen molar-refractivity contribution in [2.75, 3.05) is 18.4 Å². The first kappa shape index (κ1) is 29.8. The second kappa shape index (κ2) is 12.7. The maximum Gasteiger partial charge on any atom is 0.258 e. The Hall–Kier alpha value is -3.68. The van der Waals surface area contributed by atoms with Gasteiger partial charge in [-0.15, -0.1) is 0 Å². The molecule has 1 aromatic carbocycles. The van der Waals surface area contributed by atoms with Gasteiger partial charge in [-0.2, -0.15) is 0 Å². The van der Waals surface area contributed by atoms with E-state index in [1.54, 1.807) is 18.3 Å².